The summed E-state index contributed by atoms with van der Waals surface area (Å²) in [5.41, 5.74) is 0. The summed E-state index contributed by atoms with van der Waals surface area (Å²) in [5, 5.41) is 3.58. The van der Waals surface area contributed by atoms with Crippen LogP contribution in [-0.4, -0.2) is 31.1 Å². The number of likely N-dealkylation sites (tertiary alicyclic amines) is 1. The molecule has 3 nitrogen and oxygen atoms in total. The van der Waals surface area contributed by atoms with Gasteiger partial charge in [-0.05, 0) is 39.1 Å². The lowest BCUT2D eigenvalue weighted by atomic mass is 10.2. The van der Waals surface area contributed by atoms with E-state index in [0.29, 0.717) is 12.1 Å². The number of rotatable bonds is 3. The SMILES string of the molecule is C[C@@H](NC1CCN(C)C1)c1ccco1. The minimum atomic E-state index is 0.321. The normalized spacial score (nSPS) is 25.4. The van der Waals surface area contributed by atoms with Gasteiger partial charge in [0.15, 0.2) is 0 Å². The Morgan fingerprint density at radius 3 is 3.07 bits per heavy atom. The van der Waals surface area contributed by atoms with Gasteiger partial charge in [0.25, 0.3) is 0 Å². The van der Waals surface area contributed by atoms with E-state index in [9.17, 15) is 0 Å². The standard InChI is InChI=1S/C11H18N2O/c1-9(11-4-3-7-14-11)12-10-5-6-13(2)8-10/h3-4,7,9-10,12H,5-6,8H2,1-2H3/t9-,10?/m1/s1. The van der Waals surface area contributed by atoms with Gasteiger partial charge in [0.1, 0.15) is 5.76 Å². The molecular formula is C11H18N2O. The first-order valence-electron chi connectivity index (χ1n) is 5.23. The number of hydrogen-bond acceptors (Lipinski definition) is 3. The van der Waals surface area contributed by atoms with Crippen LogP contribution >= 0.6 is 0 Å². The van der Waals surface area contributed by atoms with Gasteiger partial charge in [-0.2, -0.15) is 0 Å². The van der Waals surface area contributed by atoms with Crippen LogP contribution in [0.1, 0.15) is 25.1 Å². The van der Waals surface area contributed by atoms with Crippen molar-refractivity contribution in [2.24, 2.45) is 0 Å². The summed E-state index contributed by atoms with van der Waals surface area (Å²) in [4.78, 5) is 2.35. The molecule has 1 aromatic heterocycles. The highest BCUT2D eigenvalue weighted by Gasteiger charge is 2.21. The summed E-state index contributed by atoms with van der Waals surface area (Å²) in [6.07, 6.45) is 2.97. The first-order chi connectivity index (χ1) is 6.75. The molecule has 2 atom stereocenters. The van der Waals surface area contributed by atoms with Crippen LogP contribution in [0.3, 0.4) is 0 Å². The van der Waals surface area contributed by atoms with Crippen LogP contribution in [0.5, 0.6) is 0 Å². The Hall–Kier alpha value is -0.800. The van der Waals surface area contributed by atoms with Crippen LogP contribution in [0.15, 0.2) is 22.8 Å². The van der Waals surface area contributed by atoms with E-state index in [1.54, 1.807) is 6.26 Å². The van der Waals surface area contributed by atoms with E-state index in [-0.39, 0.29) is 0 Å². The van der Waals surface area contributed by atoms with Gasteiger partial charge in [0.05, 0.1) is 12.3 Å². The largest absolute Gasteiger partial charge is 0.468 e. The molecule has 3 heteroatoms. The van der Waals surface area contributed by atoms with E-state index in [1.807, 2.05) is 12.1 Å². The van der Waals surface area contributed by atoms with Crippen LogP contribution in [-0.2, 0) is 0 Å². The molecule has 2 heterocycles. The molecule has 0 aromatic carbocycles. The van der Waals surface area contributed by atoms with Crippen LogP contribution in [0.25, 0.3) is 0 Å². The quantitative estimate of drug-likeness (QED) is 0.793. The topological polar surface area (TPSA) is 28.4 Å². The van der Waals surface area contributed by atoms with Crippen molar-refractivity contribution in [1.82, 2.24) is 10.2 Å². The van der Waals surface area contributed by atoms with Crippen molar-refractivity contribution >= 4 is 0 Å². The number of nitrogens with one attached hydrogen (secondary N) is 1. The fourth-order valence-electron chi connectivity index (χ4n) is 2.04. The first kappa shape index (κ1) is 9.74. The fourth-order valence-corrected chi connectivity index (χ4v) is 2.04. The predicted molar refractivity (Wildman–Crippen MR) is 56.2 cm³/mol. The molecule has 0 spiro atoms. The van der Waals surface area contributed by atoms with Crippen LogP contribution < -0.4 is 5.32 Å². The zero-order valence-electron chi connectivity index (χ0n) is 8.86. The molecule has 0 radical (unpaired) electrons. The van der Waals surface area contributed by atoms with Gasteiger partial charge in [0.2, 0.25) is 0 Å². The predicted octanol–water partition coefficient (Wildman–Crippen LogP) is 1.63. The van der Waals surface area contributed by atoms with E-state index in [0.717, 1.165) is 12.3 Å². The lowest BCUT2D eigenvalue weighted by Crippen LogP contribution is -2.33. The first-order valence-corrected chi connectivity index (χ1v) is 5.23. The minimum Gasteiger partial charge on any atom is -0.468 e. The van der Waals surface area contributed by atoms with Gasteiger partial charge in [-0.3, -0.25) is 0 Å². The van der Waals surface area contributed by atoms with E-state index in [4.69, 9.17) is 4.42 Å². The van der Waals surface area contributed by atoms with Gasteiger partial charge < -0.3 is 14.6 Å². The molecule has 0 aliphatic carbocycles. The van der Waals surface area contributed by atoms with Gasteiger partial charge >= 0.3 is 0 Å². The molecule has 1 N–H and O–H groups in total. The molecule has 1 saturated heterocycles. The monoisotopic (exact) mass is 194 g/mol. The highest BCUT2D eigenvalue weighted by molar-refractivity contribution is 5.03. The number of likely N-dealkylation sites (N-methyl/N-ethyl adjacent to an activating group) is 1. The molecular weight excluding hydrogens is 176 g/mol. The number of furan rings is 1. The lowest BCUT2D eigenvalue weighted by Gasteiger charge is -2.17. The Balaban J connectivity index is 1.86. The molecule has 0 saturated carbocycles. The van der Waals surface area contributed by atoms with Crippen molar-refractivity contribution in [1.29, 1.82) is 0 Å². The molecule has 1 aliphatic rings. The molecule has 1 aliphatic heterocycles. The van der Waals surface area contributed by atoms with Crippen LogP contribution in [0.4, 0.5) is 0 Å². The third-order valence-corrected chi connectivity index (χ3v) is 2.85. The second kappa shape index (κ2) is 4.15. The Kier molecular flexibility index (Phi) is 2.89. The molecule has 1 fully saturated rings. The zero-order valence-corrected chi connectivity index (χ0v) is 8.86. The Morgan fingerprint density at radius 1 is 1.64 bits per heavy atom. The van der Waals surface area contributed by atoms with Crippen molar-refractivity contribution in [2.75, 3.05) is 20.1 Å². The second-order valence-electron chi connectivity index (χ2n) is 4.15. The third-order valence-electron chi connectivity index (χ3n) is 2.85. The maximum Gasteiger partial charge on any atom is 0.120 e. The lowest BCUT2D eigenvalue weighted by molar-refractivity contribution is 0.365. The number of hydrogen-bond donors (Lipinski definition) is 1. The minimum absolute atomic E-state index is 0.321. The summed E-state index contributed by atoms with van der Waals surface area (Å²) >= 11 is 0. The Bertz CT molecular complexity index is 271. The summed E-state index contributed by atoms with van der Waals surface area (Å²) in [5.74, 6) is 1.03. The molecule has 14 heavy (non-hydrogen) atoms. The molecule has 0 bridgehead atoms. The van der Waals surface area contributed by atoms with Crippen molar-refractivity contribution < 1.29 is 4.42 Å². The average molecular weight is 194 g/mol. The van der Waals surface area contributed by atoms with Gasteiger partial charge in [-0.1, -0.05) is 0 Å². The van der Waals surface area contributed by atoms with E-state index in [2.05, 4.69) is 24.2 Å². The van der Waals surface area contributed by atoms with E-state index in [1.165, 1.54) is 13.0 Å². The molecule has 1 aromatic rings. The molecule has 1 unspecified atom stereocenters. The van der Waals surface area contributed by atoms with E-state index >= 15 is 0 Å². The molecule has 0 amide bonds. The van der Waals surface area contributed by atoms with Gasteiger partial charge in [-0.25, -0.2) is 0 Å². The summed E-state index contributed by atoms with van der Waals surface area (Å²) < 4.78 is 5.36. The van der Waals surface area contributed by atoms with Crippen molar-refractivity contribution in [2.45, 2.75) is 25.4 Å². The third kappa shape index (κ3) is 2.16. The van der Waals surface area contributed by atoms with Crippen LogP contribution in [0, 0.1) is 0 Å². The maximum atomic E-state index is 5.36. The smallest absolute Gasteiger partial charge is 0.120 e. The van der Waals surface area contributed by atoms with Crippen molar-refractivity contribution in [3.63, 3.8) is 0 Å². The highest BCUT2D eigenvalue weighted by atomic mass is 16.3. The second-order valence-corrected chi connectivity index (χ2v) is 4.15. The summed E-state index contributed by atoms with van der Waals surface area (Å²) in [6, 6.07) is 4.89. The van der Waals surface area contributed by atoms with Crippen molar-refractivity contribution in [3.05, 3.63) is 24.2 Å². The van der Waals surface area contributed by atoms with Crippen molar-refractivity contribution in [3.8, 4) is 0 Å². The van der Waals surface area contributed by atoms with E-state index < -0.39 is 0 Å². The number of nitrogens with zero attached hydrogens (tertiary/aromatic N) is 1. The summed E-state index contributed by atoms with van der Waals surface area (Å²) in [7, 11) is 2.17. The Morgan fingerprint density at radius 2 is 2.50 bits per heavy atom. The summed E-state index contributed by atoms with van der Waals surface area (Å²) in [6.45, 7) is 4.49. The maximum absolute atomic E-state index is 5.36. The average Bonchev–Trinajstić information content (AvgIpc) is 2.75. The van der Waals surface area contributed by atoms with Crippen LogP contribution in [0.2, 0.25) is 0 Å². The Labute approximate surface area is 85.1 Å². The fraction of sp³-hybridized carbons (Fsp3) is 0.636. The molecule has 78 valence electrons. The van der Waals surface area contributed by atoms with Gasteiger partial charge in [-0.15, -0.1) is 0 Å². The molecule has 2 rings (SSSR count). The highest BCUT2D eigenvalue weighted by Crippen LogP contribution is 2.16. The zero-order chi connectivity index (χ0) is 9.97. The van der Waals surface area contributed by atoms with Gasteiger partial charge in [0, 0.05) is 12.6 Å².